The highest BCUT2D eigenvalue weighted by Crippen LogP contribution is 2.24. The highest BCUT2D eigenvalue weighted by atomic mass is 16.2. The number of nitrogens with one attached hydrogen (secondary N) is 2. The summed E-state index contributed by atoms with van der Waals surface area (Å²) in [4.78, 5) is 53.5. The van der Waals surface area contributed by atoms with Crippen molar-refractivity contribution in [2.45, 2.75) is 33.2 Å². The standard InChI is InChI=1S/C21H42N8O4/c1-21(2,3)10-18-11-28(13-20(23)33)7-5-26(12-19(22)32)4-6-27(14-24-16-30)8-9-29(18)15-25-17-31/h16-18H,4-15H2,1-3H3,(H2,22,32)(H2,23,33)(H,24,30)(H,25,31). The molecule has 1 saturated heterocycles. The Kier molecular flexibility index (Phi) is 12.9. The molecule has 33 heavy (non-hydrogen) atoms. The van der Waals surface area contributed by atoms with E-state index in [0.717, 1.165) is 6.42 Å². The van der Waals surface area contributed by atoms with Crippen molar-refractivity contribution in [3.8, 4) is 0 Å². The lowest BCUT2D eigenvalue weighted by Gasteiger charge is -2.40. The smallest absolute Gasteiger partial charge is 0.231 e. The molecule has 0 spiro atoms. The normalized spacial score (nSPS) is 20.9. The number of carbonyl (C=O) groups is 4. The first-order valence-corrected chi connectivity index (χ1v) is 11.4. The topological polar surface area (TPSA) is 157 Å². The van der Waals surface area contributed by atoms with Crippen molar-refractivity contribution >= 4 is 24.6 Å². The van der Waals surface area contributed by atoms with Crippen molar-refractivity contribution in [2.24, 2.45) is 16.9 Å². The minimum atomic E-state index is -0.419. The fourth-order valence-corrected chi connectivity index (χ4v) is 4.08. The van der Waals surface area contributed by atoms with Gasteiger partial charge in [0, 0.05) is 51.9 Å². The van der Waals surface area contributed by atoms with Gasteiger partial charge in [-0.1, -0.05) is 20.8 Å². The van der Waals surface area contributed by atoms with Crippen LogP contribution in [0.2, 0.25) is 0 Å². The summed E-state index contributed by atoms with van der Waals surface area (Å²) in [6.45, 7) is 11.6. The fourth-order valence-electron chi connectivity index (χ4n) is 4.08. The van der Waals surface area contributed by atoms with Crippen LogP contribution in [0.5, 0.6) is 0 Å². The summed E-state index contributed by atoms with van der Waals surface area (Å²) < 4.78 is 0. The number of hydrogen-bond donors (Lipinski definition) is 4. The van der Waals surface area contributed by atoms with Gasteiger partial charge in [0.05, 0.1) is 26.4 Å². The van der Waals surface area contributed by atoms with Gasteiger partial charge in [-0.25, -0.2) is 0 Å². The average molecular weight is 471 g/mol. The summed E-state index contributed by atoms with van der Waals surface area (Å²) in [5.74, 6) is -0.834. The molecule has 0 aromatic carbocycles. The van der Waals surface area contributed by atoms with Crippen LogP contribution in [-0.2, 0) is 19.2 Å². The van der Waals surface area contributed by atoms with E-state index in [-0.39, 0.29) is 24.5 Å². The van der Waals surface area contributed by atoms with E-state index in [2.05, 4.69) is 41.2 Å². The Labute approximate surface area is 196 Å². The van der Waals surface area contributed by atoms with Gasteiger partial charge in [0.25, 0.3) is 0 Å². The minimum Gasteiger partial charge on any atom is -0.369 e. The third-order valence-corrected chi connectivity index (χ3v) is 5.54. The van der Waals surface area contributed by atoms with Crippen molar-refractivity contribution in [1.29, 1.82) is 0 Å². The first-order chi connectivity index (χ1) is 15.5. The second kappa shape index (κ2) is 14.8. The van der Waals surface area contributed by atoms with Crippen LogP contribution < -0.4 is 22.1 Å². The quantitative estimate of drug-likeness (QED) is 0.239. The minimum absolute atomic E-state index is 0.0102. The zero-order chi connectivity index (χ0) is 24.9. The molecule has 0 bridgehead atoms. The highest BCUT2D eigenvalue weighted by molar-refractivity contribution is 5.76. The first kappa shape index (κ1) is 28.8. The van der Waals surface area contributed by atoms with Crippen LogP contribution in [0.15, 0.2) is 0 Å². The van der Waals surface area contributed by atoms with Gasteiger partial charge in [-0.05, 0) is 11.8 Å². The molecule has 6 N–H and O–H groups in total. The van der Waals surface area contributed by atoms with Gasteiger partial charge in [0.15, 0.2) is 0 Å². The first-order valence-electron chi connectivity index (χ1n) is 11.4. The second-order valence-electron chi connectivity index (χ2n) is 9.75. The molecule has 0 aromatic rings. The summed E-state index contributed by atoms with van der Waals surface area (Å²) in [6.07, 6.45) is 2.17. The zero-order valence-electron chi connectivity index (χ0n) is 20.3. The van der Waals surface area contributed by atoms with E-state index in [1.165, 1.54) is 0 Å². The van der Waals surface area contributed by atoms with Crippen molar-refractivity contribution in [2.75, 3.05) is 72.2 Å². The number of nitrogens with zero attached hydrogens (tertiary/aromatic N) is 4. The maximum Gasteiger partial charge on any atom is 0.231 e. The van der Waals surface area contributed by atoms with Crippen LogP contribution in [0, 0.1) is 5.41 Å². The Morgan fingerprint density at radius 1 is 0.818 bits per heavy atom. The molecule has 0 aliphatic carbocycles. The second-order valence-corrected chi connectivity index (χ2v) is 9.75. The number of amides is 4. The molecule has 0 radical (unpaired) electrons. The van der Waals surface area contributed by atoms with Gasteiger partial charge in [-0.15, -0.1) is 0 Å². The third kappa shape index (κ3) is 13.1. The highest BCUT2D eigenvalue weighted by Gasteiger charge is 2.28. The number of primary amides is 2. The molecule has 12 heteroatoms. The maximum atomic E-state index is 11.8. The molecule has 190 valence electrons. The summed E-state index contributed by atoms with van der Waals surface area (Å²) >= 11 is 0. The van der Waals surface area contributed by atoms with E-state index in [4.69, 9.17) is 11.5 Å². The van der Waals surface area contributed by atoms with Crippen molar-refractivity contribution in [3.63, 3.8) is 0 Å². The molecule has 1 aliphatic rings. The lowest BCUT2D eigenvalue weighted by molar-refractivity contribution is -0.121. The monoisotopic (exact) mass is 470 g/mol. The van der Waals surface area contributed by atoms with Gasteiger partial charge in [0.1, 0.15) is 0 Å². The molecule has 0 aromatic heterocycles. The van der Waals surface area contributed by atoms with Crippen molar-refractivity contribution in [3.05, 3.63) is 0 Å². The lowest BCUT2D eigenvalue weighted by atomic mass is 9.87. The molecule has 1 unspecified atom stereocenters. The largest absolute Gasteiger partial charge is 0.369 e. The maximum absolute atomic E-state index is 11.8. The van der Waals surface area contributed by atoms with E-state index in [1.54, 1.807) is 0 Å². The molecule has 1 aliphatic heterocycles. The molecular formula is C21H42N8O4. The Bertz CT molecular complexity index is 628. The van der Waals surface area contributed by atoms with Gasteiger partial charge >= 0.3 is 0 Å². The van der Waals surface area contributed by atoms with Gasteiger partial charge in [-0.3, -0.25) is 38.8 Å². The van der Waals surface area contributed by atoms with E-state index in [1.807, 2.05) is 9.80 Å². The molecule has 0 saturated carbocycles. The lowest BCUT2D eigenvalue weighted by Crippen LogP contribution is -2.55. The molecular weight excluding hydrogens is 428 g/mol. The summed E-state index contributed by atoms with van der Waals surface area (Å²) in [6, 6.07) is 0.0432. The Morgan fingerprint density at radius 2 is 1.30 bits per heavy atom. The SMILES string of the molecule is CC(C)(C)CC1CN(CC(N)=O)CCN(CC(N)=O)CCN(CNC=O)CCN1CNC=O. The van der Waals surface area contributed by atoms with E-state index < -0.39 is 11.8 Å². The van der Waals surface area contributed by atoms with E-state index >= 15 is 0 Å². The molecule has 1 fully saturated rings. The van der Waals surface area contributed by atoms with E-state index in [9.17, 15) is 19.2 Å². The van der Waals surface area contributed by atoms with Crippen LogP contribution >= 0.6 is 0 Å². The summed E-state index contributed by atoms with van der Waals surface area (Å²) in [5.41, 5.74) is 11.0. The third-order valence-electron chi connectivity index (χ3n) is 5.54. The number of hydrogen-bond acceptors (Lipinski definition) is 8. The molecule has 12 nitrogen and oxygen atoms in total. The summed E-state index contributed by atoms with van der Waals surface area (Å²) in [7, 11) is 0. The van der Waals surface area contributed by atoms with Gasteiger partial charge in [0.2, 0.25) is 24.6 Å². The van der Waals surface area contributed by atoms with Crippen LogP contribution in [-0.4, -0.2) is 123 Å². The number of carbonyl (C=O) groups excluding carboxylic acids is 4. The van der Waals surface area contributed by atoms with Gasteiger partial charge < -0.3 is 22.1 Å². The van der Waals surface area contributed by atoms with Crippen LogP contribution in [0.4, 0.5) is 0 Å². The van der Waals surface area contributed by atoms with Crippen molar-refractivity contribution < 1.29 is 19.2 Å². The van der Waals surface area contributed by atoms with Gasteiger partial charge in [-0.2, -0.15) is 0 Å². The van der Waals surface area contributed by atoms with E-state index in [0.29, 0.717) is 72.0 Å². The Balaban J connectivity index is 3.20. The summed E-state index contributed by atoms with van der Waals surface area (Å²) in [5, 5.41) is 5.48. The molecule has 1 heterocycles. The predicted octanol–water partition coefficient (Wildman–Crippen LogP) is -2.61. The molecule has 1 atom stereocenters. The molecule has 4 amide bonds. The van der Waals surface area contributed by atoms with Crippen molar-refractivity contribution in [1.82, 2.24) is 30.2 Å². The average Bonchev–Trinajstić information content (AvgIpc) is 2.69. The Morgan fingerprint density at radius 3 is 1.85 bits per heavy atom. The molecule has 1 rings (SSSR count). The number of rotatable bonds is 11. The predicted molar refractivity (Wildman–Crippen MR) is 126 cm³/mol. The number of nitrogens with two attached hydrogens (primary N) is 2. The van der Waals surface area contributed by atoms with Crippen LogP contribution in [0.1, 0.15) is 27.2 Å². The Hall–Kier alpha value is -2.28. The zero-order valence-corrected chi connectivity index (χ0v) is 20.3. The van der Waals surface area contributed by atoms with Crippen LogP contribution in [0.3, 0.4) is 0 Å². The fraction of sp³-hybridized carbons (Fsp3) is 0.810. The van der Waals surface area contributed by atoms with Crippen LogP contribution in [0.25, 0.3) is 0 Å².